The van der Waals surface area contributed by atoms with Crippen LogP contribution in [0.5, 0.6) is 0 Å². The first-order chi connectivity index (χ1) is 9.33. The third kappa shape index (κ3) is 2.84. The van der Waals surface area contributed by atoms with Crippen LogP contribution in [0.2, 0.25) is 0 Å². The van der Waals surface area contributed by atoms with E-state index in [1.807, 2.05) is 18.3 Å². The van der Waals surface area contributed by atoms with Gasteiger partial charge in [-0.05, 0) is 38.9 Å². The van der Waals surface area contributed by atoms with Crippen LogP contribution in [0, 0.1) is 5.92 Å². The first-order valence-electron chi connectivity index (χ1n) is 6.96. The monoisotopic (exact) mass is 256 g/mol. The first kappa shape index (κ1) is 12.4. The molecule has 4 heteroatoms. The highest BCUT2D eigenvalue weighted by atomic mass is 15.2. The van der Waals surface area contributed by atoms with Crippen molar-refractivity contribution in [2.75, 3.05) is 32.0 Å². The average molecular weight is 256 g/mol. The van der Waals surface area contributed by atoms with E-state index in [0.29, 0.717) is 0 Å². The van der Waals surface area contributed by atoms with Crippen molar-refractivity contribution in [3.8, 4) is 0 Å². The molecule has 2 aromatic rings. The minimum Gasteiger partial charge on any atom is -0.368 e. The number of rotatable bonds is 3. The molecule has 0 aliphatic carbocycles. The van der Waals surface area contributed by atoms with Crippen molar-refractivity contribution in [3.05, 3.63) is 30.5 Å². The number of piperidine rings is 1. The number of hydrogen-bond acceptors (Lipinski definition) is 4. The van der Waals surface area contributed by atoms with Gasteiger partial charge in [0.15, 0.2) is 5.82 Å². The molecule has 1 aliphatic rings. The quantitative estimate of drug-likeness (QED) is 0.915. The van der Waals surface area contributed by atoms with Crippen molar-refractivity contribution in [1.29, 1.82) is 0 Å². The fourth-order valence-electron chi connectivity index (χ4n) is 2.67. The van der Waals surface area contributed by atoms with Crippen LogP contribution in [0.4, 0.5) is 5.82 Å². The molecule has 1 fully saturated rings. The van der Waals surface area contributed by atoms with E-state index in [-0.39, 0.29) is 0 Å². The van der Waals surface area contributed by atoms with Crippen LogP contribution >= 0.6 is 0 Å². The van der Waals surface area contributed by atoms with Crippen molar-refractivity contribution in [3.63, 3.8) is 0 Å². The highest BCUT2D eigenvalue weighted by Crippen LogP contribution is 2.21. The molecule has 1 N–H and O–H groups in total. The van der Waals surface area contributed by atoms with Gasteiger partial charge in [0.2, 0.25) is 0 Å². The van der Waals surface area contributed by atoms with Gasteiger partial charge >= 0.3 is 0 Å². The number of aromatic nitrogens is 2. The third-order valence-electron chi connectivity index (χ3n) is 3.97. The minimum atomic E-state index is 0.747. The van der Waals surface area contributed by atoms with E-state index >= 15 is 0 Å². The Kier molecular flexibility index (Phi) is 3.60. The Morgan fingerprint density at radius 1 is 1.26 bits per heavy atom. The lowest BCUT2D eigenvalue weighted by Crippen LogP contribution is -2.33. The zero-order valence-electron chi connectivity index (χ0n) is 11.3. The molecular weight excluding hydrogens is 236 g/mol. The highest BCUT2D eigenvalue weighted by molar-refractivity contribution is 5.90. The molecule has 2 heterocycles. The van der Waals surface area contributed by atoms with Crippen LogP contribution in [0.15, 0.2) is 30.5 Å². The van der Waals surface area contributed by atoms with E-state index in [1.165, 1.54) is 25.9 Å². The Morgan fingerprint density at radius 3 is 2.89 bits per heavy atom. The van der Waals surface area contributed by atoms with Crippen LogP contribution < -0.4 is 5.32 Å². The van der Waals surface area contributed by atoms with Crippen LogP contribution in [0.25, 0.3) is 10.8 Å². The van der Waals surface area contributed by atoms with Gasteiger partial charge in [-0.3, -0.25) is 0 Å². The van der Waals surface area contributed by atoms with Gasteiger partial charge in [0.05, 0.1) is 6.20 Å². The Labute approximate surface area is 113 Å². The molecule has 0 unspecified atom stereocenters. The maximum atomic E-state index is 4.23. The van der Waals surface area contributed by atoms with Gasteiger partial charge in [0.1, 0.15) is 0 Å². The summed E-state index contributed by atoms with van der Waals surface area (Å²) in [4.78, 5) is 2.40. The first-order valence-corrected chi connectivity index (χ1v) is 6.96. The number of benzene rings is 1. The summed E-state index contributed by atoms with van der Waals surface area (Å²) >= 11 is 0. The summed E-state index contributed by atoms with van der Waals surface area (Å²) < 4.78 is 0. The van der Waals surface area contributed by atoms with Gasteiger partial charge in [-0.2, -0.15) is 5.10 Å². The summed E-state index contributed by atoms with van der Waals surface area (Å²) in [7, 11) is 2.19. The van der Waals surface area contributed by atoms with E-state index < -0.39 is 0 Å². The Bertz CT molecular complexity index is 541. The zero-order valence-corrected chi connectivity index (χ0v) is 11.3. The lowest BCUT2D eigenvalue weighted by molar-refractivity contribution is 0.226. The van der Waals surface area contributed by atoms with Gasteiger partial charge in [0, 0.05) is 17.3 Å². The lowest BCUT2D eigenvalue weighted by Gasteiger charge is -2.29. The van der Waals surface area contributed by atoms with Crippen molar-refractivity contribution >= 4 is 16.6 Å². The van der Waals surface area contributed by atoms with Crippen LogP contribution in [0.3, 0.4) is 0 Å². The Balaban J connectivity index is 1.68. The predicted octanol–water partition coefficient (Wildman–Crippen LogP) is 2.38. The third-order valence-corrected chi connectivity index (χ3v) is 3.97. The molecule has 1 aromatic heterocycles. The van der Waals surface area contributed by atoms with E-state index in [2.05, 4.69) is 39.6 Å². The normalized spacial score (nSPS) is 17.7. The molecule has 1 saturated heterocycles. The molecule has 0 radical (unpaired) electrons. The second-order valence-electron chi connectivity index (χ2n) is 5.41. The lowest BCUT2D eigenvalue weighted by atomic mass is 9.97. The molecule has 3 rings (SSSR count). The molecule has 0 bridgehead atoms. The molecule has 1 aliphatic heterocycles. The molecule has 0 saturated carbocycles. The maximum Gasteiger partial charge on any atom is 0.156 e. The van der Waals surface area contributed by atoms with Gasteiger partial charge in [0.25, 0.3) is 0 Å². The fourth-order valence-corrected chi connectivity index (χ4v) is 2.67. The van der Waals surface area contributed by atoms with Crippen LogP contribution in [-0.4, -0.2) is 41.8 Å². The Morgan fingerprint density at radius 2 is 2.05 bits per heavy atom. The smallest absolute Gasteiger partial charge is 0.156 e. The molecule has 4 nitrogen and oxygen atoms in total. The van der Waals surface area contributed by atoms with Crippen LogP contribution in [-0.2, 0) is 0 Å². The summed E-state index contributed by atoms with van der Waals surface area (Å²) in [6.45, 7) is 3.40. The number of anilines is 1. The van der Waals surface area contributed by atoms with E-state index in [1.54, 1.807) is 0 Å². The second kappa shape index (κ2) is 5.53. The summed E-state index contributed by atoms with van der Waals surface area (Å²) in [5.41, 5.74) is 0. The highest BCUT2D eigenvalue weighted by Gasteiger charge is 2.16. The predicted molar refractivity (Wildman–Crippen MR) is 78.2 cm³/mol. The summed E-state index contributed by atoms with van der Waals surface area (Å²) in [6.07, 6.45) is 4.35. The van der Waals surface area contributed by atoms with Gasteiger partial charge in [-0.1, -0.05) is 24.3 Å². The van der Waals surface area contributed by atoms with Crippen molar-refractivity contribution < 1.29 is 0 Å². The van der Waals surface area contributed by atoms with E-state index in [9.17, 15) is 0 Å². The van der Waals surface area contributed by atoms with Crippen molar-refractivity contribution in [2.24, 2.45) is 5.92 Å². The molecule has 1 aromatic carbocycles. The van der Waals surface area contributed by atoms with Gasteiger partial charge in [-0.15, -0.1) is 5.10 Å². The number of hydrogen-bond donors (Lipinski definition) is 1. The number of nitrogens with zero attached hydrogens (tertiary/aromatic N) is 3. The topological polar surface area (TPSA) is 41.0 Å². The number of nitrogens with one attached hydrogen (secondary N) is 1. The summed E-state index contributed by atoms with van der Waals surface area (Å²) in [5, 5.41) is 14.1. The van der Waals surface area contributed by atoms with Crippen molar-refractivity contribution in [1.82, 2.24) is 15.1 Å². The average Bonchev–Trinajstić information content (AvgIpc) is 2.47. The maximum absolute atomic E-state index is 4.23. The molecule has 100 valence electrons. The van der Waals surface area contributed by atoms with E-state index in [0.717, 1.165) is 29.1 Å². The largest absolute Gasteiger partial charge is 0.368 e. The van der Waals surface area contributed by atoms with Crippen molar-refractivity contribution in [2.45, 2.75) is 12.8 Å². The van der Waals surface area contributed by atoms with Crippen LogP contribution in [0.1, 0.15) is 12.8 Å². The number of fused-ring (bicyclic) bond motifs is 1. The summed E-state index contributed by atoms with van der Waals surface area (Å²) in [6, 6.07) is 8.25. The standard InChI is InChI=1S/C15H20N4/c1-19-8-6-12(7-9-19)10-16-15-14-5-3-2-4-13(14)11-17-18-15/h2-5,11-12H,6-10H2,1H3,(H,16,18). The molecule has 19 heavy (non-hydrogen) atoms. The molecule has 0 spiro atoms. The molecule has 0 amide bonds. The fraction of sp³-hybridized carbons (Fsp3) is 0.467. The molecular formula is C15H20N4. The van der Waals surface area contributed by atoms with E-state index in [4.69, 9.17) is 0 Å². The zero-order chi connectivity index (χ0) is 13.1. The minimum absolute atomic E-state index is 0.747. The summed E-state index contributed by atoms with van der Waals surface area (Å²) in [5.74, 6) is 1.66. The second-order valence-corrected chi connectivity index (χ2v) is 5.41. The Hall–Kier alpha value is -1.68. The SMILES string of the molecule is CN1CCC(CNc2nncc3ccccc23)CC1. The number of likely N-dealkylation sites (tertiary alicyclic amines) is 1. The molecule has 0 atom stereocenters. The van der Waals surface area contributed by atoms with Gasteiger partial charge in [-0.25, -0.2) is 0 Å². The van der Waals surface area contributed by atoms with Gasteiger partial charge < -0.3 is 10.2 Å².